The number of benzene rings is 3. The Hall–Kier alpha value is -3.50. The van der Waals surface area contributed by atoms with Crippen LogP contribution in [0.15, 0.2) is 71.6 Å². The largest absolute Gasteiger partial charge is 0.322 e. The molecular formula is C19H13ClFN3O5S. The molecule has 0 saturated heterocycles. The molecule has 0 aromatic heterocycles. The molecule has 11 heteroatoms. The minimum atomic E-state index is -4.09. The number of hydrogen-bond donors (Lipinski definition) is 2. The first-order valence-corrected chi connectivity index (χ1v) is 10.2. The van der Waals surface area contributed by atoms with Gasteiger partial charge in [0.2, 0.25) is 0 Å². The third-order valence-electron chi connectivity index (χ3n) is 3.90. The summed E-state index contributed by atoms with van der Waals surface area (Å²) in [5.74, 6) is -1.27. The number of nitro groups is 1. The van der Waals surface area contributed by atoms with Crippen LogP contribution in [0.4, 0.5) is 21.5 Å². The predicted molar refractivity (Wildman–Crippen MR) is 110 cm³/mol. The second-order valence-electron chi connectivity index (χ2n) is 6.02. The first-order valence-electron chi connectivity index (χ1n) is 8.29. The second kappa shape index (κ2) is 8.47. The molecule has 0 aliphatic rings. The predicted octanol–water partition coefficient (Wildman–Crippen LogP) is 4.44. The minimum Gasteiger partial charge on any atom is -0.322 e. The van der Waals surface area contributed by atoms with E-state index in [1.165, 1.54) is 42.5 Å². The van der Waals surface area contributed by atoms with Crippen molar-refractivity contribution in [2.45, 2.75) is 4.90 Å². The first kappa shape index (κ1) is 21.2. The summed E-state index contributed by atoms with van der Waals surface area (Å²) in [7, 11) is -4.09. The van der Waals surface area contributed by atoms with Crippen molar-refractivity contribution >= 4 is 44.6 Å². The van der Waals surface area contributed by atoms with Gasteiger partial charge in [0.1, 0.15) is 5.82 Å². The van der Waals surface area contributed by atoms with Gasteiger partial charge in [0.15, 0.2) is 0 Å². The maximum absolute atomic E-state index is 13.0. The SMILES string of the molecule is O=C(Nc1cccc([N+](=O)[O-])c1)c1cc(S(=O)(=O)Nc2ccc(F)cc2)ccc1Cl. The highest BCUT2D eigenvalue weighted by molar-refractivity contribution is 7.92. The number of hydrogen-bond acceptors (Lipinski definition) is 5. The van der Waals surface area contributed by atoms with E-state index in [9.17, 15) is 27.7 Å². The molecule has 0 radical (unpaired) electrons. The van der Waals surface area contributed by atoms with Crippen LogP contribution in [0.2, 0.25) is 5.02 Å². The van der Waals surface area contributed by atoms with Crippen molar-refractivity contribution < 1.29 is 22.5 Å². The number of carbonyl (C=O) groups excluding carboxylic acids is 1. The summed E-state index contributed by atoms with van der Waals surface area (Å²) >= 11 is 6.04. The molecule has 0 atom stereocenters. The first-order chi connectivity index (χ1) is 14.2. The van der Waals surface area contributed by atoms with Gasteiger partial charge in [-0.25, -0.2) is 12.8 Å². The van der Waals surface area contributed by atoms with E-state index in [4.69, 9.17) is 11.6 Å². The van der Waals surface area contributed by atoms with E-state index in [0.29, 0.717) is 0 Å². The van der Waals surface area contributed by atoms with Crippen LogP contribution in [0.25, 0.3) is 0 Å². The zero-order valence-corrected chi connectivity index (χ0v) is 16.6. The molecule has 1 amide bonds. The van der Waals surface area contributed by atoms with Gasteiger partial charge >= 0.3 is 0 Å². The normalized spacial score (nSPS) is 11.0. The minimum absolute atomic E-state index is 0.0151. The number of carbonyl (C=O) groups is 1. The van der Waals surface area contributed by atoms with Crippen molar-refractivity contribution in [3.63, 3.8) is 0 Å². The van der Waals surface area contributed by atoms with Gasteiger partial charge in [-0.15, -0.1) is 0 Å². The van der Waals surface area contributed by atoms with Crippen LogP contribution in [0.5, 0.6) is 0 Å². The highest BCUT2D eigenvalue weighted by Gasteiger charge is 2.20. The Morgan fingerprint density at radius 2 is 1.70 bits per heavy atom. The maximum atomic E-state index is 13.0. The van der Waals surface area contributed by atoms with Crippen LogP contribution in [0.3, 0.4) is 0 Å². The summed E-state index contributed by atoms with van der Waals surface area (Å²) in [4.78, 5) is 22.6. The highest BCUT2D eigenvalue weighted by Crippen LogP contribution is 2.24. The smallest absolute Gasteiger partial charge is 0.271 e. The Bertz CT molecular complexity index is 1230. The summed E-state index contributed by atoms with van der Waals surface area (Å²) in [5, 5.41) is 13.3. The molecule has 0 aliphatic heterocycles. The van der Waals surface area contributed by atoms with Gasteiger partial charge in [0.25, 0.3) is 21.6 Å². The van der Waals surface area contributed by atoms with Crippen LogP contribution in [0.1, 0.15) is 10.4 Å². The number of anilines is 2. The van der Waals surface area contributed by atoms with Gasteiger partial charge in [-0.2, -0.15) is 0 Å². The fourth-order valence-corrected chi connectivity index (χ4v) is 3.76. The molecular weight excluding hydrogens is 437 g/mol. The number of nitrogens with one attached hydrogen (secondary N) is 2. The number of nitrogens with zero attached hydrogens (tertiary/aromatic N) is 1. The van der Waals surface area contributed by atoms with Crippen LogP contribution in [-0.4, -0.2) is 19.2 Å². The molecule has 30 heavy (non-hydrogen) atoms. The Morgan fingerprint density at radius 1 is 1.00 bits per heavy atom. The number of nitro benzene ring substituents is 1. The lowest BCUT2D eigenvalue weighted by atomic mass is 10.2. The fourth-order valence-electron chi connectivity index (χ4n) is 2.47. The van der Waals surface area contributed by atoms with Gasteiger partial charge in [0, 0.05) is 23.5 Å². The van der Waals surface area contributed by atoms with Crippen LogP contribution in [0, 0.1) is 15.9 Å². The Kier molecular flexibility index (Phi) is 5.99. The van der Waals surface area contributed by atoms with Crippen molar-refractivity contribution in [2.24, 2.45) is 0 Å². The third-order valence-corrected chi connectivity index (χ3v) is 5.61. The summed E-state index contributed by atoms with van der Waals surface area (Å²) in [6, 6.07) is 13.5. The lowest BCUT2D eigenvalue weighted by molar-refractivity contribution is -0.384. The third kappa shape index (κ3) is 4.91. The zero-order valence-electron chi connectivity index (χ0n) is 15.0. The van der Waals surface area contributed by atoms with Gasteiger partial charge < -0.3 is 5.32 Å². The van der Waals surface area contributed by atoms with E-state index in [1.54, 1.807) is 0 Å². The highest BCUT2D eigenvalue weighted by atomic mass is 35.5. The Balaban J connectivity index is 1.87. The van der Waals surface area contributed by atoms with Crippen LogP contribution < -0.4 is 10.0 Å². The number of rotatable bonds is 6. The molecule has 0 bridgehead atoms. The standard InChI is InChI=1S/C19H13ClFN3O5S/c20-18-9-8-16(30(28,29)23-13-6-4-12(21)5-7-13)11-17(18)19(25)22-14-2-1-3-15(10-14)24(26)27/h1-11,23H,(H,22,25). The maximum Gasteiger partial charge on any atom is 0.271 e. The molecule has 0 saturated carbocycles. The molecule has 8 nitrogen and oxygen atoms in total. The molecule has 0 unspecified atom stereocenters. The van der Waals surface area contributed by atoms with E-state index >= 15 is 0 Å². The summed E-state index contributed by atoms with van der Waals surface area (Å²) in [6.45, 7) is 0. The van der Waals surface area contributed by atoms with Gasteiger partial charge in [-0.1, -0.05) is 17.7 Å². The van der Waals surface area contributed by atoms with Gasteiger partial charge in [0.05, 0.1) is 20.4 Å². The van der Waals surface area contributed by atoms with Crippen molar-refractivity contribution in [2.75, 3.05) is 10.0 Å². The monoisotopic (exact) mass is 449 g/mol. The average Bonchev–Trinajstić information content (AvgIpc) is 2.70. The molecule has 0 spiro atoms. The molecule has 0 fully saturated rings. The van der Waals surface area contributed by atoms with E-state index in [0.717, 1.165) is 24.3 Å². The lowest BCUT2D eigenvalue weighted by Gasteiger charge is -2.11. The van der Waals surface area contributed by atoms with Crippen molar-refractivity contribution in [3.05, 3.63) is 93.2 Å². The molecule has 2 N–H and O–H groups in total. The number of amides is 1. The molecule has 3 aromatic carbocycles. The Morgan fingerprint density at radius 3 is 2.37 bits per heavy atom. The number of halogens is 2. The average molecular weight is 450 g/mol. The fraction of sp³-hybridized carbons (Fsp3) is 0. The molecule has 0 heterocycles. The van der Waals surface area contributed by atoms with Gasteiger partial charge in [-0.05, 0) is 48.5 Å². The lowest BCUT2D eigenvalue weighted by Crippen LogP contribution is -2.16. The topological polar surface area (TPSA) is 118 Å². The number of sulfonamides is 1. The Labute approximate surface area is 175 Å². The quantitative estimate of drug-likeness (QED) is 0.426. The summed E-state index contributed by atoms with van der Waals surface area (Å²) in [5.41, 5.74) is -0.0965. The van der Waals surface area contributed by atoms with E-state index in [1.807, 2.05) is 0 Å². The molecule has 3 aromatic rings. The van der Waals surface area contributed by atoms with Crippen molar-refractivity contribution in [1.29, 1.82) is 0 Å². The van der Waals surface area contributed by atoms with E-state index < -0.39 is 26.7 Å². The van der Waals surface area contributed by atoms with E-state index in [2.05, 4.69) is 10.0 Å². The molecule has 3 rings (SSSR count). The summed E-state index contributed by atoms with van der Waals surface area (Å²) < 4.78 is 40.5. The summed E-state index contributed by atoms with van der Waals surface area (Å²) in [6.07, 6.45) is 0. The van der Waals surface area contributed by atoms with E-state index in [-0.39, 0.29) is 32.5 Å². The molecule has 154 valence electrons. The van der Waals surface area contributed by atoms with Gasteiger partial charge in [-0.3, -0.25) is 19.6 Å². The van der Waals surface area contributed by atoms with Crippen LogP contribution >= 0.6 is 11.6 Å². The van der Waals surface area contributed by atoms with Crippen molar-refractivity contribution in [1.82, 2.24) is 0 Å². The number of non-ortho nitro benzene ring substituents is 1. The second-order valence-corrected chi connectivity index (χ2v) is 8.11. The van der Waals surface area contributed by atoms with Crippen LogP contribution in [-0.2, 0) is 10.0 Å². The van der Waals surface area contributed by atoms with Crippen molar-refractivity contribution in [3.8, 4) is 0 Å². The zero-order chi connectivity index (χ0) is 21.9. The molecule has 0 aliphatic carbocycles.